The van der Waals surface area contributed by atoms with E-state index in [1.807, 2.05) is 73.7 Å². The number of carbonyl (C=O) groups is 2. The van der Waals surface area contributed by atoms with Crippen molar-refractivity contribution in [2.45, 2.75) is 19.9 Å². The molecule has 1 fully saturated rings. The van der Waals surface area contributed by atoms with E-state index < -0.39 is 0 Å². The molecule has 3 amide bonds. The number of benzene rings is 3. The molecule has 0 bridgehead atoms. The van der Waals surface area contributed by atoms with Crippen molar-refractivity contribution in [3.63, 3.8) is 0 Å². The van der Waals surface area contributed by atoms with E-state index in [4.69, 9.17) is 4.74 Å². The number of rotatable bonds is 9. The summed E-state index contributed by atoms with van der Waals surface area (Å²) in [6, 6.07) is 24.0. The van der Waals surface area contributed by atoms with Gasteiger partial charge in [0.2, 0.25) is 0 Å². The van der Waals surface area contributed by atoms with E-state index in [1.54, 1.807) is 33.3 Å². The Morgan fingerprint density at radius 1 is 0.929 bits per heavy atom. The van der Waals surface area contributed by atoms with E-state index in [2.05, 4.69) is 16.0 Å². The zero-order chi connectivity index (χ0) is 29.5. The summed E-state index contributed by atoms with van der Waals surface area (Å²) < 4.78 is 8.52. The standard InChI is InChI=1S/C32H36N6O4/c1-23-11-6-8-15-26(23)38-28(24-12-4-3-5-13-24)29(30(39)36-21-18-33-19-22-36)37(32(38)41)20-10-17-34-31(40)35-25-14-7-9-16-27(25)42-2/h3-9,11-16,33H,10,17-22H2,1-2H3,(H2,34,35,40). The van der Waals surface area contributed by atoms with E-state index in [1.165, 1.54) is 0 Å². The molecule has 3 aromatic carbocycles. The van der Waals surface area contributed by atoms with Crippen molar-refractivity contribution >= 4 is 17.6 Å². The zero-order valence-electron chi connectivity index (χ0n) is 23.9. The number of imidazole rings is 1. The van der Waals surface area contributed by atoms with Gasteiger partial charge in [0.1, 0.15) is 11.4 Å². The largest absolute Gasteiger partial charge is 0.495 e. The van der Waals surface area contributed by atoms with Gasteiger partial charge in [0.25, 0.3) is 5.91 Å². The van der Waals surface area contributed by atoms with Crippen molar-refractivity contribution in [1.82, 2.24) is 24.7 Å². The van der Waals surface area contributed by atoms with Crippen LogP contribution in [0, 0.1) is 6.92 Å². The number of aromatic nitrogens is 2. The SMILES string of the molecule is COc1ccccc1NC(=O)NCCCn1c(C(=O)N2CCNCC2)c(-c2ccccc2)n(-c2ccccc2C)c1=O. The van der Waals surface area contributed by atoms with Crippen LogP contribution in [0.3, 0.4) is 0 Å². The second kappa shape index (κ2) is 13.2. The highest BCUT2D eigenvalue weighted by Gasteiger charge is 2.31. The first-order chi connectivity index (χ1) is 20.5. The number of urea groups is 1. The fourth-order valence-electron chi connectivity index (χ4n) is 5.24. The van der Waals surface area contributed by atoms with Crippen LogP contribution in [0.1, 0.15) is 22.5 Å². The third-order valence-corrected chi connectivity index (χ3v) is 7.35. The van der Waals surface area contributed by atoms with Crippen LogP contribution in [0.25, 0.3) is 16.9 Å². The molecular formula is C32H36N6O4. The Bertz CT molecular complexity index is 1600. The van der Waals surface area contributed by atoms with Crippen molar-refractivity contribution in [2.75, 3.05) is 45.2 Å². The van der Waals surface area contributed by atoms with Gasteiger partial charge in [-0.1, -0.05) is 60.7 Å². The Hall–Kier alpha value is -4.83. The Morgan fingerprint density at radius 2 is 1.62 bits per heavy atom. The van der Waals surface area contributed by atoms with Crippen molar-refractivity contribution in [2.24, 2.45) is 0 Å². The average molecular weight is 569 g/mol. The zero-order valence-corrected chi connectivity index (χ0v) is 23.9. The smallest absolute Gasteiger partial charge is 0.333 e. The normalized spacial score (nSPS) is 13.0. The molecule has 10 nitrogen and oxygen atoms in total. The van der Waals surface area contributed by atoms with Crippen LogP contribution in [0.5, 0.6) is 5.75 Å². The number of aryl methyl sites for hydroxylation is 1. The summed E-state index contributed by atoms with van der Waals surface area (Å²) in [5, 5.41) is 8.93. The van der Waals surface area contributed by atoms with Gasteiger partial charge < -0.3 is 25.6 Å². The highest BCUT2D eigenvalue weighted by molar-refractivity contribution is 5.99. The molecule has 1 saturated heterocycles. The van der Waals surface area contributed by atoms with Crippen molar-refractivity contribution < 1.29 is 14.3 Å². The van der Waals surface area contributed by atoms with Crippen LogP contribution in [-0.2, 0) is 6.54 Å². The minimum Gasteiger partial charge on any atom is -0.495 e. The molecule has 1 aliphatic heterocycles. The third-order valence-electron chi connectivity index (χ3n) is 7.35. The predicted molar refractivity (Wildman–Crippen MR) is 164 cm³/mol. The first-order valence-electron chi connectivity index (χ1n) is 14.1. The lowest BCUT2D eigenvalue weighted by molar-refractivity contribution is 0.0725. The Kier molecular flexibility index (Phi) is 9.03. The summed E-state index contributed by atoms with van der Waals surface area (Å²) in [4.78, 5) is 42.7. The summed E-state index contributed by atoms with van der Waals surface area (Å²) in [5.74, 6) is 0.378. The van der Waals surface area contributed by atoms with Crippen LogP contribution in [0.4, 0.5) is 10.5 Å². The molecule has 3 N–H and O–H groups in total. The quantitative estimate of drug-likeness (QED) is 0.266. The monoisotopic (exact) mass is 568 g/mol. The van der Waals surface area contributed by atoms with Gasteiger partial charge >= 0.3 is 11.7 Å². The molecule has 42 heavy (non-hydrogen) atoms. The van der Waals surface area contributed by atoms with E-state index in [0.29, 0.717) is 62.0 Å². The van der Waals surface area contributed by atoms with Crippen LogP contribution >= 0.6 is 0 Å². The molecular weight excluding hydrogens is 532 g/mol. The number of nitrogens with zero attached hydrogens (tertiary/aromatic N) is 3. The van der Waals surface area contributed by atoms with Crippen LogP contribution in [-0.4, -0.2) is 65.8 Å². The number of amides is 3. The first-order valence-corrected chi connectivity index (χ1v) is 14.1. The summed E-state index contributed by atoms with van der Waals surface area (Å²) in [6.45, 7) is 5.00. The molecule has 0 radical (unpaired) electrons. The summed E-state index contributed by atoms with van der Waals surface area (Å²) >= 11 is 0. The number of carbonyl (C=O) groups excluding carboxylic acids is 2. The second-order valence-electron chi connectivity index (χ2n) is 10.1. The highest BCUT2D eigenvalue weighted by Crippen LogP contribution is 2.29. The minimum absolute atomic E-state index is 0.179. The maximum absolute atomic E-state index is 14.2. The second-order valence-corrected chi connectivity index (χ2v) is 10.1. The van der Waals surface area contributed by atoms with Gasteiger partial charge in [-0.15, -0.1) is 0 Å². The molecule has 5 rings (SSSR count). The molecule has 218 valence electrons. The topological polar surface area (TPSA) is 110 Å². The Balaban J connectivity index is 1.48. The van der Waals surface area contributed by atoms with Gasteiger partial charge in [-0.25, -0.2) is 9.59 Å². The summed E-state index contributed by atoms with van der Waals surface area (Å²) in [5.41, 5.74) is 3.62. The van der Waals surface area contributed by atoms with Crippen molar-refractivity contribution in [3.8, 4) is 22.7 Å². The molecule has 0 unspecified atom stereocenters. The van der Waals surface area contributed by atoms with E-state index in [9.17, 15) is 14.4 Å². The fraction of sp³-hybridized carbons (Fsp3) is 0.281. The van der Waals surface area contributed by atoms with Gasteiger partial charge in [-0.3, -0.25) is 13.9 Å². The van der Waals surface area contributed by atoms with Crippen molar-refractivity contribution in [1.29, 1.82) is 0 Å². The maximum atomic E-state index is 14.2. The fourth-order valence-corrected chi connectivity index (χ4v) is 5.24. The van der Waals surface area contributed by atoms with Gasteiger partial charge in [0, 0.05) is 44.8 Å². The van der Waals surface area contributed by atoms with E-state index >= 15 is 0 Å². The van der Waals surface area contributed by atoms with Crippen LogP contribution < -0.4 is 26.4 Å². The summed E-state index contributed by atoms with van der Waals surface area (Å²) in [6.07, 6.45) is 0.438. The molecule has 1 aliphatic rings. The molecule has 10 heteroatoms. The predicted octanol–water partition coefficient (Wildman–Crippen LogP) is 3.88. The Morgan fingerprint density at radius 3 is 2.36 bits per heavy atom. The lowest BCUT2D eigenvalue weighted by Crippen LogP contribution is -2.47. The molecule has 0 saturated carbocycles. The van der Waals surface area contributed by atoms with Gasteiger partial charge in [-0.2, -0.15) is 0 Å². The van der Waals surface area contributed by atoms with Gasteiger partial charge in [0.05, 0.1) is 24.2 Å². The number of ether oxygens (including phenoxy) is 1. The number of piperazine rings is 1. The Labute approximate surface area is 244 Å². The van der Waals surface area contributed by atoms with E-state index in [0.717, 1.165) is 16.8 Å². The maximum Gasteiger partial charge on any atom is 0.333 e. The molecule has 2 heterocycles. The van der Waals surface area contributed by atoms with Crippen LogP contribution in [0.2, 0.25) is 0 Å². The molecule has 0 aliphatic carbocycles. The van der Waals surface area contributed by atoms with Crippen LogP contribution in [0.15, 0.2) is 83.7 Å². The number of hydrogen-bond donors (Lipinski definition) is 3. The van der Waals surface area contributed by atoms with Gasteiger partial charge in [0.15, 0.2) is 0 Å². The number of hydrogen-bond acceptors (Lipinski definition) is 5. The number of nitrogens with one attached hydrogen (secondary N) is 3. The summed E-state index contributed by atoms with van der Waals surface area (Å²) in [7, 11) is 1.54. The lowest BCUT2D eigenvalue weighted by atomic mass is 10.1. The molecule has 4 aromatic rings. The molecule has 1 aromatic heterocycles. The molecule has 0 spiro atoms. The van der Waals surface area contributed by atoms with Crippen molar-refractivity contribution in [3.05, 3.63) is 101 Å². The van der Waals surface area contributed by atoms with Gasteiger partial charge in [-0.05, 0) is 37.1 Å². The van der Waals surface area contributed by atoms with E-state index in [-0.39, 0.29) is 24.2 Å². The highest BCUT2D eigenvalue weighted by atomic mass is 16.5. The molecule has 0 atom stereocenters. The number of para-hydroxylation sites is 3. The lowest BCUT2D eigenvalue weighted by Gasteiger charge is -2.28. The number of anilines is 1. The third kappa shape index (κ3) is 6.08. The minimum atomic E-state index is -0.383. The average Bonchev–Trinajstić information content (AvgIpc) is 3.31. The first kappa shape index (κ1) is 28.7. The number of methoxy groups -OCH3 is 1.